The Labute approximate surface area is 188 Å². The zero-order valence-corrected chi connectivity index (χ0v) is 19.2. The van der Waals surface area contributed by atoms with E-state index in [1.54, 1.807) is 6.20 Å². The number of carbonyl (C=O) groups is 2. The molecule has 1 aromatic heterocycles. The van der Waals surface area contributed by atoms with Gasteiger partial charge in [0.15, 0.2) is 5.13 Å². The van der Waals surface area contributed by atoms with E-state index in [1.165, 1.54) is 49.9 Å². The van der Waals surface area contributed by atoms with E-state index in [9.17, 15) is 9.59 Å². The van der Waals surface area contributed by atoms with Crippen molar-refractivity contribution in [3.05, 3.63) is 10.5 Å². The van der Waals surface area contributed by atoms with Gasteiger partial charge in [-0.1, -0.05) is 61.5 Å². The highest BCUT2D eigenvalue weighted by atomic mass is 35.5. The van der Waals surface area contributed by atoms with E-state index in [2.05, 4.69) is 20.1 Å². The number of nitrogens with zero attached hydrogens (tertiary/aromatic N) is 3. The molecule has 166 valence electrons. The molecular weight excluding hydrogens is 420 g/mol. The first-order chi connectivity index (χ1) is 14.6. The van der Waals surface area contributed by atoms with Crippen LogP contribution in [0.5, 0.6) is 0 Å². The van der Waals surface area contributed by atoms with Crippen molar-refractivity contribution >= 4 is 40.0 Å². The van der Waals surface area contributed by atoms with Crippen molar-refractivity contribution in [3.8, 4) is 0 Å². The number of thiazole rings is 1. The number of hydrogen-bond acceptors (Lipinski definition) is 4. The first kappa shape index (κ1) is 21.9. The van der Waals surface area contributed by atoms with Gasteiger partial charge in [-0.2, -0.15) is 0 Å². The van der Waals surface area contributed by atoms with E-state index < -0.39 is 0 Å². The molecule has 1 N–H and O–H groups in total. The van der Waals surface area contributed by atoms with Crippen molar-refractivity contribution in [1.29, 1.82) is 0 Å². The molecule has 0 atom stereocenters. The minimum atomic E-state index is -0.0616. The van der Waals surface area contributed by atoms with Crippen molar-refractivity contribution in [2.24, 2.45) is 5.92 Å². The number of nitrogens with one attached hydrogen (secondary N) is 1. The van der Waals surface area contributed by atoms with Crippen molar-refractivity contribution < 1.29 is 9.59 Å². The van der Waals surface area contributed by atoms with Gasteiger partial charge < -0.3 is 9.80 Å². The second kappa shape index (κ2) is 10.3. The van der Waals surface area contributed by atoms with E-state index in [0.717, 1.165) is 51.6 Å². The lowest BCUT2D eigenvalue weighted by atomic mass is 9.97. The summed E-state index contributed by atoms with van der Waals surface area (Å²) in [6.07, 6.45) is 14.7. The fraction of sp³-hybridized carbons (Fsp3) is 0.773. The average molecular weight is 453 g/mol. The number of hydrogen-bond donors (Lipinski definition) is 1. The average Bonchev–Trinajstić information content (AvgIpc) is 3.35. The highest BCUT2D eigenvalue weighted by molar-refractivity contribution is 7.19. The molecule has 2 saturated carbocycles. The van der Waals surface area contributed by atoms with E-state index in [-0.39, 0.29) is 24.0 Å². The molecule has 0 unspecified atom stereocenters. The smallest absolute Gasteiger partial charge is 0.324 e. The molecule has 30 heavy (non-hydrogen) atoms. The summed E-state index contributed by atoms with van der Waals surface area (Å²) < 4.78 is 0.574. The van der Waals surface area contributed by atoms with Crippen LogP contribution in [0.2, 0.25) is 4.34 Å². The molecule has 1 aromatic rings. The van der Waals surface area contributed by atoms with Crippen LogP contribution in [-0.2, 0) is 4.79 Å². The number of anilines is 1. The lowest BCUT2D eigenvalue weighted by Crippen LogP contribution is -2.54. The summed E-state index contributed by atoms with van der Waals surface area (Å²) in [5.41, 5.74) is 0. The summed E-state index contributed by atoms with van der Waals surface area (Å²) in [6, 6.07) is 0.384. The normalized spacial score (nSPS) is 22.1. The Hall–Kier alpha value is -1.34. The highest BCUT2D eigenvalue weighted by Gasteiger charge is 2.36. The Morgan fingerprint density at radius 1 is 0.967 bits per heavy atom. The lowest BCUT2D eigenvalue weighted by Gasteiger charge is -2.42. The van der Waals surface area contributed by atoms with Crippen LogP contribution in [0.4, 0.5) is 9.93 Å². The van der Waals surface area contributed by atoms with Gasteiger partial charge in [0.1, 0.15) is 4.34 Å². The lowest BCUT2D eigenvalue weighted by molar-refractivity contribution is -0.136. The summed E-state index contributed by atoms with van der Waals surface area (Å²) in [5.74, 6) is 0.575. The number of rotatable bonds is 4. The monoisotopic (exact) mass is 452 g/mol. The molecule has 1 aliphatic heterocycles. The number of carbonyl (C=O) groups excluding carboxylic acids is 2. The molecule has 1 saturated heterocycles. The molecule has 2 aliphatic carbocycles. The number of urea groups is 1. The first-order valence-corrected chi connectivity index (χ1v) is 12.8. The van der Waals surface area contributed by atoms with Gasteiger partial charge in [-0.25, -0.2) is 9.78 Å². The van der Waals surface area contributed by atoms with Crippen LogP contribution in [0.1, 0.15) is 77.0 Å². The molecule has 2 heterocycles. The minimum absolute atomic E-state index is 0.0616. The van der Waals surface area contributed by atoms with E-state index >= 15 is 0 Å². The fourth-order valence-corrected chi connectivity index (χ4v) is 6.23. The van der Waals surface area contributed by atoms with Crippen LogP contribution in [0.15, 0.2) is 6.20 Å². The summed E-state index contributed by atoms with van der Waals surface area (Å²) in [5, 5.41) is 3.54. The molecule has 3 amide bonds. The SMILES string of the molecule is O=C(C1CCCC1)N1CCC(N(C(=O)Nc2ncc(Cl)s2)C2CCCCCC2)CC1. The van der Waals surface area contributed by atoms with Gasteiger partial charge in [0.25, 0.3) is 0 Å². The molecule has 0 bridgehead atoms. The van der Waals surface area contributed by atoms with Crippen molar-refractivity contribution in [3.63, 3.8) is 0 Å². The minimum Gasteiger partial charge on any atom is -0.342 e. The molecule has 8 heteroatoms. The maximum Gasteiger partial charge on any atom is 0.324 e. The van der Waals surface area contributed by atoms with Crippen LogP contribution in [0.3, 0.4) is 0 Å². The Morgan fingerprint density at radius 2 is 1.57 bits per heavy atom. The topological polar surface area (TPSA) is 65.5 Å². The zero-order valence-electron chi connectivity index (χ0n) is 17.7. The maximum absolute atomic E-state index is 13.3. The second-order valence-electron chi connectivity index (χ2n) is 8.99. The fourth-order valence-electron chi connectivity index (χ4n) is 5.43. The standard InChI is InChI=1S/C22H33ClN4O2S/c23-19-15-24-21(30-19)25-22(29)27(17-9-3-1-2-4-10-17)18-11-13-26(14-12-18)20(28)16-7-5-6-8-16/h15-18H,1-14H2,(H,24,25,29). The Bertz CT molecular complexity index is 720. The molecule has 0 spiro atoms. The van der Waals surface area contributed by atoms with Crippen LogP contribution < -0.4 is 5.32 Å². The third-order valence-corrected chi connectivity index (χ3v) is 8.05. The maximum atomic E-state index is 13.3. The quantitative estimate of drug-likeness (QED) is 0.610. The van der Waals surface area contributed by atoms with Crippen LogP contribution in [0.25, 0.3) is 0 Å². The molecule has 3 fully saturated rings. The van der Waals surface area contributed by atoms with Crippen molar-refractivity contribution in [2.75, 3.05) is 18.4 Å². The molecule has 0 radical (unpaired) electrons. The zero-order chi connectivity index (χ0) is 20.9. The molecule has 6 nitrogen and oxygen atoms in total. The van der Waals surface area contributed by atoms with E-state index in [0.29, 0.717) is 15.4 Å². The van der Waals surface area contributed by atoms with Gasteiger partial charge in [0, 0.05) is 31.1 Å². The summed E-state index contributed by atoms with van der Waals surface area (Å²) in [7, 11) is 0. The van der Waals surface area contributed by atoms with Crippen LogP contribution in [0, 0.1) is 5.92 Å². The third-order valence-electron chi connectivity index (χ3n) is 7.02. The number of aromatic nitrogens is 1. The predicted molar refractivity (Wildman–Crippen MR) is 121 cm³/mol. The van der Waals surface area contributed by atoms with Gasteiger partial charge in [-0.15, -0.1) is 0 Å². The summed E-state index contributed by atoms with van der Waals surface area (Å²) >= 11 is 7.29. The molecule has 0 aromatic carbocycles. The highest BCUT2D eigenvalue weighted by Crippen LogP contribution is 2.31. The first-order valence-electron chi connectivity index (χ1n) is 11.6. The summed E-state index contributed by atoms with van der Waals surface area (Å²) in [4.78, 5) is 34.5. The molecular formula is C22H33ClN4O2S. The summed E-state index contributed by atoms with van der Waals surface area (Å²) in [6.45, 7) is 1.53. The van der Waals surface area contributed by atoms with E-state index in [4.69, 9.17) is 11.6 Å². The van der Waals surface area contributed by atoms with Crippen molar-refractivity contribution in [2.45, 2.75) is 89.1 Å². The van der Waals surface area contributed by atoms with Gasteiger partial charge in [0.05, 0.1) is 6.20 Å². The van der Waals surface area contributed by atoms with Gasteiger partial charge in [-0.3, -0.25) is 10.1 Å². The molecule has 3 aliphatic rings. The largest absolute Gasteiger partial charge is 0.342 e. The van der Waals surface area contributed by atoms with Crippen LogP contribution >= 0.6 is 22.9 Å². The number of halogens is 1. The second-order valence-corrected chi connectivity index (χ2v) is 10.7. The van der Waals surface area contributed by atoms with Gasteiger partial charge in [-0.05, 0) is 38.5 Å². The predicted octanol–water partition coefficient (Wildman–Crippen LogP) is 5.53. The Morgan fingerprint density at radius 3 is 2.17 bits per heavy atom. The number of amides is 3. The van der Waals surface area contributed by atoms with E-state index in [1.807, 2.05) is 0 Å². The van der Waals surface area contributed by atoms with Gasteiger partial charge >= 0.3 is 6.03 Å². The third kappa shape index (κ3) is 5.28. The van der Waals surface area contributed by atoms with Gasteiger partial charge in [0.2, 0.25) is 5.91 Å². The Balaban J connectivity index is 1.42. The number of piperidine rings is 1. The molecule has 4 rings (SSSR count). The number of likely N-dealkylation sites (tertiary alicyclic amines) is 1. The Kier molecular flexibility index (Phi) is 7.52. The van der Waals surface area contributed by atoms with Crippen molar-refractivity contribution in [1.82, 2.24) is 14.8 Å². The van der Waals surface area contributed by atoms with Crippen LogP contribution in [-0.4, -0.2) is 51.9 Å².